The molecular formula is C30H43ClN8O4S. The summed E-state index contributed by atoms with van der Waals surface area (Å²) in [5, 5.41) is 5.25. The van der Waals surface area contributed by atoms with Crippen molar-refractivity contribution in [1.29, 1.82) is 0 Å². The summed E-state index contributed by atoms with van der Waals surface area (Å²) in [6, 6.07) is 3.92. The van der Waals surface area contributed by atoms with Crippen LogP contribution in [-0.4, -0.2) is 92.4 Å². The maximum atomic E-state index is 12.9. The van der Waals surface area contributed by atoms with Gasteiger partial charge in [-0.2, -0.15) is 4.98 Å². The van der Waals surface area contributed by atoms with E-state index in [-0.39, 0.29) is 51.5 Å². The van der Waals surface area contributed by atoms with Crippen LogP contribution in [0.25, 0.3) is 0 Å². The van der Waals surface area contributed by atoms with E-state index in [1.54, 1.807) is 32.8 Å². The molecule has 1 aromatic carbocycles. The van der Waals surface area contributed by atoms with Gasteiger partial charge in [-0.3, -0.25) is 14.7 Å². The third-order valence-corrected chi connectivity index (χ3v) is 10.3. The zero-order valence-corrected chi connectivity index (χ0v) is 28.0. The lowest BCUT2D eigenvalue weighted by Crippen LogP contribution is -2.48. The Morgan fingerprint density at radius 2 is 1.98 bits per heavy atom. The minimum Gasteiger partial charge on any atom is -0.488 e. The molecule has 2 fully saturated rings. The first kappa shape index (κ1) is 33.5. The molecule has 2 unspecified atom stereocenters. The number of ether oxygens (including phenoxy) is 1. The van der Waals surface area contributed by atoms with Crippen LogP contribution in [0.2, 0.25) is 5.02 Å². The number of benzene rings is 1. The number of aromatic nitrogens is 2. The second kappa shape index (κ2) is 13.7. The van der Waals surface area contributed by atoms with Gasteiger partial charge in [-0.1, -0.05) is 11.6 Å². The van der Waals surface area contributed by atoms with Crippen LogP contribution in [0.4, 0.5) is 17.5 Å². The summed E-state index contributed by atoms with van der Waals surface area (Å²) >= 11 is 6.40. The highest BCUT2D eigenvalue weighted by atomic mass is 35.5. The Bertz CT molecular complexity index is 1560. The number of aryl methyl sites for hydroxylation is 1. The molecule has 240 valence electrons. The molecule has 44 heavy (non-hydrogen) atoms. The summed E-state index contributed by atoms with van der Waals surface area (Å²) in [6.45, 7) is 5.97. The number of nitrogens with one attached hydrogen (secondary N) is 2. The molecule has 0 radical (unpaired) electrons. The summed E-state index contributed by atoms with van der Waals surface area (Å²) < 4.78 is 31.8. The average Bonchev–Trinajstić information content (AvgIpc) is 3.79. The van der Waals surface area contributed by atoms with E-state index in [1.807, 2.05) is 13.1 Å². The Kier molecular flexibility index (Phi) is 10.4. The third kappa shape index (κ3) is 7.62. The van der Waals surface area contributed by atoms with Gasteiger partial charge in [-0.05, 0) is 89.2 Å². The number of halogens is 1. The Morgan fingerprint density at radius 3 is 2.59 bits per heavy atom. The van der Waals surface area contributed by atoms with Crippen molar-refractivity contribution >= 4 is 51.0 Å². The number of hydrogen-bond donors (Lipinski definition) is 3. The first-order valence-corrected chi connectivity index (χ1v) is 16.6. The van der Waals surface area contributed by atoms with Crippen molar-refractivity contribution in [2.45, 2.75) is 69.8 Å². The van der Waals surface area contributed by atoms with E-state index >= 15 is 0 Å². The second-order valence-electron chi connectivity index (χ2n) is 11.9. The van der Waals surface area contributed by atoms with Gasteiger partial charge in [0, 0.05) is 27.4 Å². The molecule has 4 N–H and O–H groups in total. The first-order chi connectivity index (χ1) is 20.7. The van der Waals surface area contributed by atoms with Crippen molar-refractivity contribution in [3.63, 3.8) is 0 Å². The Balaban J connectivity index is 1.65. The van der Waals surface area contributed by atoms with E-state index < -0.39 is 15.1 Å². The Hall–Kier alpha value is -3.42. The van der Waals surface area contributed by atoms with Gasteiger partial charge < -0.3 is 26.0 Å². The smallest absolute Gasteiger partial charge is 0.239 e. The lowest BCUT2D eigenvalue weighted by Gasteiger charge is -2.38. The highest BCUT2D eigenvalue weighted by molar-refractivity contribution is 7.95. The molecule has 1 saturated heterocycles. The van der Waals surface area contributed by atoms with Crippen molar-refractivity contribution in [2.75, 3.05) is 45.4 Å². The first-order valence-electron chi connectivity index (χ1n) is 14.7. The number of likely N-dealkylation sites (tertiary alicyclic amines) is 1. The van der Waals surface area contributed by atoms with Crippen LogP contribution in [0.15, 0.2) is 34.0 Å². The van der Waals surface area contributed by atoms with E-state index in [1.165, 1.54) is 19.5 Å². The number of sulfone groups is 1. The maximum absolute atomic E-state index is 12.9. The lowest BCUT2D eigenvalue weighted by atomic mass is 9.83. The zero-order chi connectivity index (χ0) is 32.3. The summed E-state index contributed by atoms with van der Waals surface area (Å²) in [4.78, 5) is 29.5. The van der Waals surface area contributed by atoms with Crippen LogP contribution in [-0.2, 0) is 14.6 Å². The topological polar surface area (TPSA) is 155 Å². The number of hydrogen-bond acceptors (Lipinski definition) is 11. The summed E-state index contributed by atoms with van der Waals surface area (Å²) in [6.07, 6.45) is 6.49. The van der Waals surface area contributed by atoms with Crippen LogP contribution in [0, 0.1) is 6.92 Å². The number of allylic oxidation sites excluding steroid dienone is 1. The zero-order valence-electron chi connectivity index (χ0n) is 26.4. The number of nitrogens with two attached hydrogens (primary N) is 1. The van der Waals surface area contributed by atoms with E-state index in [2.05, 4.69) is 43.5 Å². The minimum atomic E-state index is -3.77. The average molecular weight is 647 g/mol. The predicted octanol–water partition coefficient (Wildman–Crippen LogP) is 4.05. The van der Waals surface area contributed by atoms with Gasteiger partial charge in [0.15, 0.2) is 20.7 Å². The monoisotopic (exact) mass is 646 g/mol. The molecule has 0 spiro atoms. The maximum Gasteiger partial charge on any atom is 0.239 e. The van der Waals surface area contributed by atoms with Crippen LogP contribution >= 0.6 is 11.6 Å². The van der Waals surface area contributed by atoms with Gasteiger partial charge in [0.25, 0.3) is 0 Å². The molecule has 2 heterocycles. The fourth-order valence-corrected chi connectivity index (χ4v) is 6.17. The largest absolute Gasteiger partial charge is 0.488 e. The molecule has 2 atom stereocenters. The van der Waals surface area contributed by atoms with Crippen molar-refractivity contribution in [3.05, 3.63) is 45.2 Å². The molecule has 12 nitrogen and oxygen atoms in total. The molecule has 0 bridgehead atoms. The van der Waals surface area contributed by atoms with Gasteiger partial charge >= 0.3 is 0 Å². The molecule has 2 aliphatic rings. The van der Waals surface area contributed by atoms with E-state index in [4.69, 9.17) is 22.1 Å². The number of carbonyl (C=O) groups excluding carboxylic acids is 1. The third-order valence-electron chi connectivity index (χ3n) is 7.92. The molecule has 14 heteroatoms. The summed E-state index contributed by atoms with van der Waals surface area (Å²) in [5.74, 6) is 1.37. The number of anilines is 3. The number of piperidine rings is 1. The number of carbonyl (C=O) groups is 1. The fourth-order valence-electron chi connectivity index (χ4n) is 5.11. The van der Waals surface area contributed by atoms with Crippen molar-refractivity contribution < 1.29 is 17.9 Å². The SMILES string of the molecule is CN=CC(Nc1nc(Nc2cc(C)c(C3CCN(C)C(C(=O)N(C)C)C3)cc2OC2CC2)ncc1Cl)=C(N)S(=O)(=O)C(C)C. The molecule has 1 aromatic heterocycles. The molecule has 1 aliphatic heterocycles. The number of likely N-dealkylation sites (N-methyl/N-ethyl adjacent to an activating group) is 2. The van der Waals surface area contributed by atoms with Gasteiger partial charge in [0.1, 0.15) is 10.8 Å². The van der Waals surface area contributed by atoms with Crippen molar-refractivity contribution in [1.82, 2.24) is 19.8 Å². The molecule has 1 saturated carbocycles. The summed E-state index contributed by atoms with van der Waals surface area (Å²) in [7, 11) is 3.33. The lowest BCUT2D eigenvalue weighted by molar-refractivity contribution is -0.135. The molecular weight excluding hydrogens is 604 g/mol. The highest BCUT2D eigenvalue weighted by Gasteiger charge is 2.34. The highest BCUT2D eigenvalue weighted by Crippen LogP contribution is 2.41. The van der Waals surface area contributed by atoms with Crippen molar-refractivity contribution in [2.24, 2.45) is 10.7 Å². The minimum absolute atomic E-state index is 0.0508. The standard InChI is InChI=1S/C30H43ClN8O4S/c1-17(2)44(41,42)27(32)24(16-33-4)35-28-22(31)15-34-30(37-28)36-23-12-18(3)21(14-26(23)43-20-8-9-20)19-10-11-39(7)25(13-19)29(40)38(5)6/h12,14-17,19-20,25H,8-11,13,32H2,1-7H3,(H2,34,35,36,37). The molecule has 4 rings (SSSR count). The van der Waals surface area contributed by atoms with E-state index in [9.17, 15) is 13.2 Å². The van der Waals surface area contributed by atoms with Gasteiger partial charge in [0.05, 0.1) is 35.0 Å². The number of amides is 1. The van der Waals surface area contributed by atoms with Crippen LogP contribution in [0.3, 0.4) is 0 Å². The van der Waals surface area contributed by atoms with E-state index in [0.717, 1.165) is 43.4 Å². The normalized spacial score (nSPS) is 20.0. The Labute approximate surface area is 265 Å². The van der Waals surface area contributed by atoms with E-state index in [0.29, 0.717) is 11.4 Å². The number of nitrogens with zero attached hydrogens (tertiary/aromatic N) is 5. The predicted molar refractivity (Wildman–Crippen MR) is 176 cm³/mol. The fraction of sp³-hybridized carbons (Fsp3) is 0.533. The van der Waals surface area contributed by atoms with Crippen LogP contribution in [0.1, 0.15) is 56.6 Å². The number of aliphatic imine (C=N–C) groups is 1. The van der Waals surface area contributed by atoms with Crippen molar-refractivity contribution in [3.8, 4) is 5.75 Å². The number of rotatable bonds is 11. The van der Waals surface area contributed by atoms with Gasteiger partial charge in [-0.15, -0.1) is 0 Å². The van der Waals surface area contributed by atoms with Crippen LogP contribution in [0.5, 0.6) is 5.75 Å². The Morgan fingerprint density at radius 1 is 1.27 bits per heavy atom. The molecule has 1 amide bonds. The quantitative estimate of drug-likeness (QED) is 0.305. The summed E-state index contributed by atoms with van der Waals surface area (Å²) in [5.41, 5.74) is 9.01. The second-order valence-corrected chi connectivity index (χ2v) is 14.8. The molecule has 1 aliphatic carbocycles. The van der Waals surface area contributed by atoms with Gasteiger partial charge in [0.2, 0.25) is 11.9 Å². The van der Waals surface area contributed by atoms with Crippen LogP contribution < -0.4 is 21.1 Å². The molecule has 2 aromatic rings. The van der Waals surface area contributed by atoms with Gasteiger partial charge in [-0.25, -0.2) is 13.4 Å².